The number of aliphatic hydroxyl groups excluding tert-OH is 1. The van der Waals surface area contributed by atoms with E-state index in [1.165, 1.54) is 25.7 Å². The third-order valence-corrected chi connectivity index (χ3v) is 3.77. The van der Waals surface area contributed by atoms with Gasteiger partial charge in [0.1, 0.15) is 0 Å². The minimum atomic E-state index is -0.485. The van der Waals surface area contributed by atoms with E-state index in [-0.39, 0.29) is 0 Å². The molecule has 1 aromatic carbocycles. The number of aliphatic hydroxyl groups is 1. The summed E-state index contributed by atoms with van der Waals surface area (Å²) in [5.74, 6) is 1.50. The Morgan fingerprint density at radius 2 is 1.79 bits per heavy atom. The molecule has 0 radical (unpaired) electrons. The van der Waals surface area contributed by atoms with Crippen LogP contribution in [0, 0.1) is 0 Å². The van der Waals surface area contributed by atoms with E-state index in [0.717, 1.165) is 24.2 Å². The molecule has 0 spiro atoms. The molecule has 0 amide bonds. The van der Waals surface area contributed by atoms with E-state index in [4.69, 9.17) is 9.47 Å². The van der Waals surface area contributed by atoms with Gasteiger partial charge < -0.3 is 14.6 Å². The molecule has 1 fully saturated rings. The van der Waals surface area contributed by atoms with Crippen LogP contribution in [0.5, 0.6) is 11.5 Å². The summed E-state index contributed by atoms with van der Waals surface area (Å²) in [6, 6.07) is 5.67. The zero-order valence-electron chi connectivity index (χ0n) is 11.9. The lowest BCUT2D eigenvalue weighted by Gasteiger charge is -2.19. The van der Waals surface area contributed by atoms with Gasteiger partial charge in [-0.15, -0.1) is 0 Å². The molecule has 1 aliphatic carbocycles. The molecule has 1 aliphatic rings. The van der Waals surface area contributed by atoms with Crippen molar-refractivity contribution in [1.82, 2.24) is 0 Å². The Balaban J connectivity index is 2.10. The zero-order chi connectivity index (χ0) is 13.7. The highest BCUT2D eigenvalue weighted by Crippen LogP contribution is 2.33. The molecule has 0 saturated heterocycles. The normalized spacial score (nSPS) is 18.7. The van der Waals surface area contributed by atoms with Crippen molar-refractivity contribution in [2.45, 2.75) is 57.7 Å². The lowest BCUT2D eigenvalue weighted by atomic mass is 10.1. The number of hydrogen-bond donors (Lipinski definition) is 1. The fourth-order valence-corrected chi connectivity index (χ4v) is 2.58. The highest BCUT2D eigenvalue weighted by Gasteiger charge is 2.16. The Kier molecular flexibility index (Phi) is 5.08. The van der Waals surface area contributed by atoms with Crippen molar-refractivity contribution in [1.29, 1.82) is 0 Å². The molecule has 3 heteroatoms. The minimum Gasteiger partial charge on any atom is -0.493 e. The summed E-state index contributed by atoms with van der Waals surface area (Å²) < 4.78 is 11.5. The maximum absolute atomic E-state index is 9.60. The van der Waals surface area contributed by atoms with E-state index in [9.17, 15) is 5.11 Å². The van der Waals surface area contributed by atoms with Crippen LogP contribution in [0.25, 0.3) is 0 Å². The van der Waals surface area contributed by atoms with Crippen LogP contribution < -0.4 is 9.47 Å². The van der Waals surface area contributed by atoms with Gasteiger partial charge in [0.15, 0.2) is 11.5 Å². The summed E-state index contributed by atoms with van der Waals surface area (Å²) in [5, 5.41) is 9.60. The molecule has 3 nitrogen and oxygen atoms in total. The highest BCUT2D eigenvalue weighted by atomic mass is 16.5. The predicted molar refractivity (Wildman–Crippen MR) is 75.7 cm³/mol. The molecule has 0 unspecified atom stereocenters. The van der Waals surface area contributed by atoms with Crippen LogP contribution in [0.1, 0.15) is 57.1 Å². The molecule has 1 aromatic rings. The number of hydrogen-bond acceptors (Lipinski definition) is 3. The molecule has 1 atom stereocenters. The van der Waals surface area contributed by atoms with Crippen molar-refractivity contribution in [3.63, 3.8) is 0 Å². The van der Waals surface area contributed by atoms with Crippen molar-refractivity contribution in [3.8, 4) is 11.5 Å². The van der Waals surface area contributed by atoms with Crippen LogP contribution in [-0.4, -0.2) is 18.3 Å². The lowest BCUT2D eigenvalue weighted by Crippen LogP contribution is -2.15. The van der Waals surface area contributed by atoms with Crippen LogP contribution in [0.15, 0.2) is 18.2 Å². The summed E-state index contributed by atoms with van der Waals surface area (Å²) >= 11 is 0. The van der Waals surface area contributed by atoms with Gasteiger partial charge in [-0.3, -0.25) is 0 Å². The van der Waals surface area contributed by atoms with Crippen molar-refractivity contribution in [3.05, 3.63) is 23.8 Å². The van der Waals surface area contributed by atoms with E-state index in [1.54, 1.807) is 14.0 Å². The Morgan fingerprint density at radius 3 is 2.37 bits per heavy atom. The minimum absolute atomic E-state index is 0.300. The maximum Gasteiger partial charge on any atom is 0.161 e. The summed E-state index contributed by atoms with van der Waals surface area (Å²) in [6.45, 7) is 1.75. The first-order valence-electron chi connectivity index (χ1n) is 7.23. The fraction of sp³-hybridized carbons (Fsp3) is 0.625. The number of rotatable bonds is 4. The van der Waals surface area contributed by atoms with Gasteiger partial charge >= 0.3 is 0 Å². The smallest absolute Gasteiger partial charge is 0.161 e. The molecule has 0 heterocycles. The quantitative estimate of drug-likeness (QED) is 0.839. The van der Waals surface area contributed by atoms with Gasteiger partial charge in [-0.2, -0.15) is 0 Å². The Hall–Kier alpha value is -1.22. The average molecular weight is 264 g/mol. The summed E-state index contributed by atoms with van der Waals surface area (Å²) in [7, 11) is 1.64. The predicted octanol–water partition coefficient (Wildman–Crippen LogP) is 3.85. The Morgan fingerprint density at radius 1 is 1.11 bits per heavy atom. The molecule has 106 valence electrons. The van der Waals surface area contributed by atoms with Crippen molar-refractivity contribution in [2.24, 2.45) is 0 Å². The monoisotopic (exact) mass is 264 g/mol. The number of benzene rings is 1. The lowest BCUT2D eigenvalue weighted by molar-refractivity contribution is 0.175. The molecule has 1 saturated carbocycles. The first-order chi connectivity index (χ1) is 9.20. The fourth-order valence-electron chi connectivity index (χ4n) is 2.58. The van der Waals surface area contributed by atoms with Crippen LogP contribution >= 0.6 is 0 Å². The van der Waals surface area contributed by atoms with E-state index in [1.807, 2.05) is 18.2 Å². The third-order valence-electron chi connectivity index (χ3n) is 3.77. The van der Waals surface area contributed by atoms with Crippen LogP contribution in [0.4, 0.5) is 0 Å². The van der Waals surface area contributed by atoms with Crippen molar-refractivity contribution >= 4 is 0 Å². The maximum atomic E-state index is 9.60. The Labute approximate surface area is 115 Å². The van der Waals surface area contributed by atoms with Gasteiger partial charge in [-0.1, -0.05) is 18.9 Å². The van der Waals surface area contributed by atoms with Gasteiger partial charge in [0.2, 0.25) is 0 Å². The van der Waals surface area contributed by atoms with E-state index >= 15 is 0 Å². The van der Waals surface area contributed by atoms with Gasteiger partial charge in [0, 0.05) is 0 Å². The largest absolute Gasteiger partial charge is 0.493 e. The molecular formula is C16H24O3. The molecular weight excluding hydrogens is 240 g/mol. The zero-order valence-corrected chi connectivity index (χ0v) is 11.9. The second-order valence-electron chi connectivity index (χ2n) is 5.32. The Bertz CT molecular complexity index is 393. The molecule has 2 rings (SSSR count). The van der Waals surface area contributed by atoms with E-state index in [0.29, 0.717) is 11.9 Å². The van der Waals surface area contributed by atoms with Crippen molar-refractivity contribution < 1.29 is 14.6 Å². The summed E-state index contributed by atoms with van der Waals surface area (Å²) in [4.78, 5) is 0. The average Bonchev–Trinajstić information content (AvgIpc) is 2.67. The molecule has 0 aromatic heterocycles. The molecule has 19 heavy (non-hydrogen) atoms. The van der Waals surface area contributed by atoms with E-state index < -0.39 is 6.10 Å². The molecule has 0 aliphatic heterocycles. The highest BCUT2D eigenvalue weighted by molar-refractivity contribution is 5.43. The van der Waals surface area contributed by atoms with Gasteiger partial charge in [0.25, 0.3) is 0 Å². The van der Waals surface area contributed by atoms with Crippen LogP contribution in [0.2, 0.25) is 0 Å². The first kappa shape index (κ1) is 14.2. The first-order valence-corrected chi connectivity index (χ1v) is 7.23. The SMILES string of the molecule is COc1cc([C@H](C)O)ccc1OC1CCCCCC1. The van der Waals surface area contributed by atoms with Gasteiger partial charge in [-0.05, 0) is 50.3 Å². The molecule has 1 N–H and O–H groups in total. The van der Waals surface area contributed by atoms with Gasteiger partial charge in [-0.25, -0.2) is 0 Å². The van der Waals surface area contributed by atoms with Crippen LogP contribution in [0.3, 0.4) is 0 Å². The summed E-state index contributed by atoms with van der Waals surface area (Å²) in [5.41, 5.74) is 0.852. The van der Waals surface area contributed by atoms with E-state index in [2.05, 4.69) is 0 Å². The molecule has 0 bridgehead atoms. The van der Waals surface area contributed by atoms with Gasteiger partial charge in [0.05, 0.1) is 19.3 Å². The second kappa shape index (κ2) is 6.80. The second-order valence-corrected chi connectivity index (χ2v) is 5.32. The number of ether oxygens (including phenoxy) is 2. The standard InChI is InChI=1S/C16H24O3/c1-12(17)13-9-10-15(16(11-13)18-2)19-14-7-5-3-4-6-8-14/h9-12,14,17H,3-8H2,1-2H3/t12-/m0/s1. The summed E-state index contributed by atoms with van der Waals surface area (Å²) in [6.07, 6.45) is 7.20. The van der Waals surface area contributed by atoms with Crippen molar-refractivity contribution in [2.75, 3.05) is 7.11 Å². The van der Waals surface area contributed by atoms with Crippen LogP contribution in [-0.2, 0) is 0 Å². The number of methoxy groups -OCH3 is 1. The topological polar surface area (TPSA) is 38.7 Å². The third kappa shape index (κ3) is 3.87.